The fraction of sp³-hybridized carbons (Fsp3) is 0.596. The van der Waals surface area contributed by atoms with E-state index in [2.05, 4.69) is 53.2 Å². The summed E-state index contributed by atoms with van der Waals surface area (Å²) >= 11 is 0. The van der Waals surface area contributed by atoms with Gasteiger partial charge in [-0.15, -0.1) is 0 Å². The number of amides is 13. The Labute approximate surface area is 784 Å². The van der Waals surface area contributed by atoms with Gasteiger partial charge in [-0.3, -0.25) is 67.1 Å². The summed E-state index contributed by atoms with van der Waals surface area (Å²) < 4.78 is 41.1. The van der Waals surface area contributed by atoms with Crippen LogP contribution in [0.2, 0.25) is 0 Å². The van der Waals surface area contributed by atoms with E-state index in [-0.39, 0.29) is 142 Å². The van der Waals surface area contributed by atoms with Crippen molar-refractivity contribution >= 4 is 93.7 Å². The van der Waals surface area contributed by atoms with Gasteiger partial charge in [0.1, 0.15) is 66.0 Å². The molecule has 0 aliphatic carbocycles. The maximum absolute atomic E-state index is 16.5. The van der Waals surface area contributed by atoms with Crippen molar-refractivity contribution in [2.24, 2.45) is 0 Å². The monoisotopic (exact) mass is 1860 g/mol. The number of methoxy groups -OCH3 is 1. The molecule has 6 aliphatic rings. The Hall–Kier alpha value is -11.4. The first-order valence-electron chi connectivity index (χ1n) is 48.2. The van der Waals surface area contributed by atoms with Crippen LogP contribution >= 0.6 is 0 Å². The number of aryl methyl sites for hydroxylation is 1. The normalized spacial score (nSPS) is 22.6. The molecule has 10 atom stereocenters. The third-order valence-corrected chi connectivity index (χ3v) is 25.7. The number of nitrogens with one attached hydrogen (secondary N) is 10. The van der Waals surface area contributed by atoms with Gasteiger partial charge in [-0.1, -0.05) is 151 Å². The Morgan fingerprint density at radius 3 is 1.94 bits per heavy atom. The topological polar surface area (TPSA) is 451 Å². The van der Waals surface area contributed by atoms with E-state index in [1.807, 2.05) is 28.8 Å². The standard InChI is InChI=1S/C99H139FN14O20/c1-66-91(123)109-80(62-104-84(117)44-52-132-54-55-133-53-47-101-83(116)29-19-15-13-11-9-7-5-6-8-10-12-14-16-20-30-88(121)122)93(125)106-77-58-71-26-23-27-72(56-71)61-103-86(119)65-134-82-28-24-50-113-90(82)95(127)110-89(67(2)115)94(126)108-78(57-69-35-38-75(131-4)39-36-69)97(129)114-51-25-45-99(114,3)98(130)102-46-43-68-31-33-70(34-32-68)63-112(87(120)42-41-85(118)105-66)49-22-18-17-21-48-111-64-73(59-79(96(113)128)107-92(77)124)76-60-74(100)37-40-81(76)111/h23,26-27,31-40,56,60,64,66-67,77-80,82,89-90,115H,5-22,24-25,28-30,41-55,57-59,61-63,65H2,1-4H3,(H,101,116)(H,102,130)(H,103,119)(H,104,117)(H,105,118)(H,106,125)(H,107,124)(H,108,126)(H,109,123)(H,110,127)(H,121,122)/t66-,67+,77-,78-,79-,80+,82-,89-,90-,99-/m0/s1. The SMILES string of the molecule is COc1ccc(C[C@@H]2NC(=O)[C@H]([C@@H](C)O)NC(=O)[C@@H]3[C@@H]4CCCN3C(=O)[C@@H]3Cc5cn(c6ccc(F)cc56)CCCCCCN(Cc5ccc(cc5)CCNC(=O)[C@]5(C)CCCN5C2=O)C(=O)CCC(=O)N[C@@H](C)C(=O)N[C@H](CNC(=O)CCOCCOCCNC(=O)CCCCCCCCCCCCCCCCC(=O)O)C(=O)N[C@@H](Cc2cccc(c2)CNC(=O)CO4)C(=O)N3)cc1. The molecule has 4 aromatic carbocycles. The minimum atomic E-state index is -1.88. The number of fused-ring (bicyclic) bond motifs is 16. The number of unbranched alkanes of at least 4 members (excludes halogenated alkanes) is 13. The molecule has 732 valence electrons. The molecule has 12 N–H and O–H groups in total. The van der Waals surface area contributed by atoms with E-state index in [1.165, 1.54) is 76.5 Å². The van der Waals surface area contributed by atoms with Crippen LogP contribution in [0.25, 0.3) is 10.9 Å². The maximum atomic E-state index is 16.5. The van der Waals surface area contributed by atoms with Crippen LogP contribution < -0.4 is 57.9 Å². The summed E-state index contributed by atoms with van der Waals surface area (Å²) in [6.45, 7) is 4.36. The highest BCUT2D eigenvalue weighted by atomic mass is 19.1. The molecule has 34 nitrogen and oxygen atoms in total. The number of nitrogens with zero attached hydrogens (tertiary/aromatic N) is 4. The number of piperidine rings is 1. The number of carbonyl (C=O) groups is 14. The smallest absolute Gasteiger partial charge is 0.303 e. The molecule has 134 heavy (non-hydrogen) atoms. The van der Waals surface area contributed by atoms with Crippen molar-refractivity contribution < 1.29 is 101 Å². The average Bonchev–Trinajstić information content (AvgIpc) is 1.49. The summed E-state index contributed by atoms with van der Waals surface area (Å²) in [6, 6.07) is 13.6. The number of hydrogen-bond acceptors (Lipinski definition) is 19. The molecule has 7 heterocycles. The Morgan fingerprint density at radius 2 is 1.24 bits per heavy atom. The molecule has 13 amide bonds. The zero-order chi connectivity index (χ0) is 95.9. The van der Waals surface area contributed by atoms with Gasteiger partial charge in [0.25, 0.3) is 0 Å². The van der Waals surface area contributed by atoms with E-state index in [1.54, 1.807) is 72.6 Å². The van der Waals surface area contributed by atoms with Crippen molar-refractivity contribution in [3.8, 4) is 5.75 Å². The Morgan fingerprint density at radius 1 is 0.582 bits per heavy atom. The first-order valence-corrected chi connectivity index (χ1v) is 48.2. The van der Waals surface area contributed by atoms with Crippen LogP contribution in [0.5, 0.6) is 5.75 Å². The molecule has 35 heteroatoms. The lowest BCUT2D eigenvalue weighted by atomic mass is 9.94. The lowest BCUT2D eigenvalue weighted by molar-refractivity contribution is -0.156. The van der Waals surface area contributed by atoms with E-state index in [0.717, 1.165) is 67.4 Å². The molecule has 2 fully saturated rings. The summed E-state index contributed by atoms with van der Waals surface area (Å²) in [6.07, 6.45) is 16.3. The highest BCUT2D eigenvalue weighted by molar-refractivity contribution is 6.00. The van der Waals surface area contributed by atoms with Gasteiger partial charge in [0.05, 0.1) is 45.7 Å². The predicted molar refractivity (Wildman–Crippen MR) is 497 cm³/mol. The lowest BCUT2D eigenvalue weighted by Crippen LogP contribution is -2.66. The number of ether oxygens (including phenoxy) is 4. The highest BCUT2D eigenvalue weighted by Gasteiger charge is 2.49. The van der Waals surface area contributed by atoms with Gasteiger partial charge in [0.2, 0.25) is 76.8 Å². The van der Waals surface area contributed by atoms with Crippen LogP contribution in [0.3, 0.4) is 0 Å². The number of aliphatic carboxylic acids is 1. The summed E-state index contributed by atoms with van der Waals surface area (Å²) in [5.74, 6) is -10.3. The number of rotatable bonds is 32. The zero-order valence-corrected chi connectivity index (χ0v) is 78.2. The molecule has 5 aromatic rings. The van der Waals surface area contributed by atoms with Crippen molar-refractivity contribution in [2.75, 3.05) is 79.4 Å². The van der Waals surface area contributed by atoms with Gasteiger partial charge in [-0.05, 0) is 142 Å². The minimum absolute atomic E-state index is 0.0371. The number of hydrogen-bond donors (Lipinski definition) is 12. The molecule has 2 saturated heterocycles. The van der Waals surface area contributed by atoms with Crippen LogP contribution in [-0.2, 0) is 127 Å². The third kappa shape index (κ3) is 33.0. The Balaban J connectivity index is 0.918. The molecular formula is C99H139FN14O20. The molecule has 12 bridgehead atoms. The van der Waals surface area contributed by atoms with Crippen LogP contribution in [0.4, 0.5) is 4.39 Å². The van der Waals surface area contributed by atoms with Crippen molar-refractivity contribution in [1.29, 1.82) is 0 Å². The molecule has 0 spiro atoms. The van der Waals surface area contributed by atoms with Crippen molar-refractivity contribution in [1.82, 2.24) is 72.4 Å². The van der Waals surface area contributed by atoms with Crippen LogP contribution in [0.1, 0.15) is 228 Å². The molecule has 0 radical (unpaired) electrons. The lowest BCUT2D eigenvalue weighted by Gasteiger charge is -2.42. The third-order valence-electron chi connectivity index (χ3n) is 25.7. The quantitative estimate of drug-likeness (QED) is 0.0203. The fourth-order valence-corrected chi connectivity index (χ4v) is 18.0. The number of aromatic nitrogens is 1. The van der Waals surface area contributed by atoms with Gasteiger partial charge in [0.15, 0.2) is 0 Å². The van der Waals surface area contributed by atoms with Gasteiger partial charge in [-0.25, -0.2) is 4.39 Å². The van der Waals surface area contributed by atoms with Crippen LogP contribution in [0.15, 0.2) is 97.2 Å². The van der Waals surface area contributed by atoms with E-state index >= 15 is 33.2 Å². The van der Waals surface area contributed by atoms with Crippen LogP contribution in [-0.4, -0.2) is 252 Å². The van der Waals surface area contributed by atoms with Gasteiger partial charge >= 0.3 is 5.97 Å². The summed E-state index contributed by atoms with van der Waals surface area (Å²) in [7, 11) is 1.49. The second-order valence-corrected chi connectivity index (χ2v) is 36.2. The van der Waals surface area contributed by atoms with Crippen molar-refractivity contribution in [3.63, 3.8) is 0 Å². The van der Waals surface area contributed by atoms with Gasteiger partial charge < -0.3 is 102 Å². The molecule has 11 rings (SSSR count). The second kappa shape index (κ2) is 54.2. The van der Waals surface area contributed by atoms with E-state index in [4.69, 9.17) is 24.1 Å². The minimum Gasteiger partial charge on any atom is -0.497 e. The average molecular weight is 1860 g/mol. The zero-order valence-electron chi connectivity index (χ0n) is 78.2. The molecule has 1 aromatic heterocycles. The maximum Gasteiger partial charge on any atom is 0.303 e. The first kappa shape index (κ1) is 105. The number of carboxylic acids is 1. The summed E-state index contributed by atoms with van der Waals surface area (Å²) in [4.78, 5) is 208. The number of aliphatic hydroxyl groups excluding tert-OH is 1. The van der Waals surface area contributed by atoms with E-state index in [0.29, 0.717) is 90.4 Å². The first-order chi connectivity index (χ1) is 64.6. The van der Waals surface area contributed by atoms with Gasteiger partial charge in [0, 0.05) is 127 Å². The van der Waals surface area contributed by atoms with Gasteiger partial charge in [-0.2, -0.15) is 0 Å². The number of carboxylic acid groups (broad SMARTS) is 1. The predicted octanol–water partition coefficient (Wildman–Crippen LogP) is 6.55. The Bertz CT molecular complexity index is 4760. The van der Waals surface area contributed by atoms with E-state index < -0.39 is 156 Å². The largest absolute Gasteiger partial charge is 0.497 e. The number of halogens is 1. The fourth-order valence-electron chi connectivity index (χ4n) is 18.0. The highest BCUT2D eigenvalue weighted by Crippen LogP contribution is 2.33. The summed E-state index contributed by atoms with van der Waals surface area (Å²) in [5.41, 5.74) is 2.60. The molecule has 6 aliphatic heterocycles. The van der Waals surface area contributed by atoms with Crippen molar-refractivity contribution in [3.05, 3.63) is 136 Å². The number of aliphatic hydroxyl groups is 1. The Kier molecular flexibility index (Phi) is 42.3. The molecular weight excluding hydrogens is 1720 g/mol. The van der Waals surface area contributed by atoms with Crippen molar-refractivity contribution in [2.45, 2.75) is 299 Å². The van der Waals surface area contributed by atoms with E-state index in [9.17, 15) is 43.5 Å². The molecule has 0 saturated carbocycles. The second-order valence-electron chi connectivity index (χ2n) is 36.2. The number of benzene rings is 4. The number of carbonyl (C=O) groups excluding carboxylic acids is 13. The molecule has 0 unspecified atom stereocenters. The summed E-state index contributed by atoms with van der Waals surface area (Å²) in [5, 5.41) is 48.9. The van der Waals surface area contributed by atoms with Crippen LogP contribution in [0, 0.1) is 5.82 Å².